The van der Waals surface area contributed by atoms with Crippen molar-refractivity contribution >= 4 is 99.3 Å². The van der Waals surface area contributed by atoms with Crippen molar-refractivity contribution in [2.45, 2.75) is 52.4 Å². The number of hydrogen-bond donors (Lipinski definition) is 0. The lowest BCUT2D eigenvalue weighted by molar-refractivity contribution is 0.590. The van der Waals surface area contributed by atoms with Gasteiger partial charge < -0.3 is 13.7 Å². The lowest BCUT2D eigenvalue weighted by atomic mass is 9.34. The van der Waals surface area contributed by atoms with Crippen LogP contribution in [-0.4, -0.2) is 20.4 Å². The molecule has 5 heterocycles. The Hall–Kier alpha value is -8.86. The number of nitrogens with zero attached hydrogens (tertiary/aromatic N) is 3. The highest BCUT2D eigenvalue weighted by atomic mass is 15.1. The average molecular weight is 970 g/mol. The van der Waals surface area contributed by atoms with Gasteiger partial charge in [0.15, 0.2) is 0 Å². The van der Waals surface area contributed by atoms with Crippen molar-refractivity contribution in [1.29, 1.82) is 0 Å². The second kappa shape index (κ2) is 14.5. The third-order valence-electron chi connectivity index (χ3n) is 17.8. The normalized spacial score (nSPS) is 13.4. The van der Waals surface area contributed by atoms with Gasteiger partial charge in [0.2, 0.25) is 0 Å². The van der Waals surface area contributed by atoms with Crippen LogP contribution in [0.1, 0.15) is 52.7 Å². The SMILES string of the molecule is CC(C)(C)c1ccc2c(c1)c1cc(C(C)(C)C)ccc1n2-c1cc2c3c(c1)-n1c4cccc5c4c4c6c(cccc6cc(c41)B3c1cc(-c3ccccc3)cc3c4cc(-c6ccccc6)ccc4n-2c13)-c1ccccc1-5. The Bertz CT molecular complexity index is 4860. The van der Waals surface area contributed by atoms with Gasteiger partial charge in [-0.15, -0.1) is 0 Å². The molecule has 0 bridgehead atoms. The first kappa shape index (κ1) is 42.5. The van der Waals surface area contributed by atoms with E-state index < -0.39 is 0 Å². The molecule has 0 atom stereocenters. The predicted molar refractivity (Wildman–Crippen MR) is 324 cm³/mol. The van der Waals surface area contributed by atoms with Gasteiger partial charge in [-0.25, -0.2) is 0 Å². The maximum Gasteiger partial charge on any atom is 0.252 e. The molecule has 358 valence electrons. The Morgan fingerprint density at radius 3 is 1.49 bits per heavy atom. The summed E-state index contributed by atoms with van der Waals surface area (Å²) in [5.41, 5.74) is 28.0. The van der Waals surface area contributed by atoms with Crippen LogP contribution >= 0.6 is 0 Å². The molecule has 0 unspecified atom stereocenters. The highest BCUT2D eigenvalue weighted by molar-refractivity contribution is 7.00. The molecule has 2 aliphatic heterocycles. The molecule has 0 saturated heterocycles. The van der Waals surface area contributed by atoms with E-state index in [0.29, 0.717) is 0 Å². The van der Waals surface area contributed by atoms with Crippen molar-refractivity contribution < 1.29 is 0 Å². The van der Waals surface area contributed by atoms with E-state index in [0.717, 1.165) is 5.69 Å². The van der Waals surface area contributed by atoms with E-state index in [1.54, 1.807) is 0 Å². The Balaban J connectivity index is 1.08. The fourth-order valence-corrected chi connectivity index (χ4v) is 14.3. The van der Waals surface area contributed by atoms with Gasteiger partial charge in [-0.1, -0.05) is 187 Å². The molecule has 0 spiro atoms. The third kappa shape index (κ3) is 5.48. The van der Waals surface area contributed by atoms with Crippen molar-refractivity contribution in [3.8, 4) is 61.6 Å². The first-order valence-electron chi connectivity index (χ1n) is 27.1. The lowest BCUT2D eigenvalue weighted by Crippen LogP contribution is -2.59. The van der Waals surface area contributed by atoms with Crippen LogP contribution in [0.25, 0.3) is 138 Å². The largest absolute Gasteiger partial charge is 0.310 e. The van der Waals surface area contributed by atoms with Crippen LogP contribution in [0, 0.1) is 0 Å². The lowest BCUT2D eigenvalue weighted by Gasteiger charge is -2.35. The molecule has 14 aromatic rings. The zero-order chi connectivity index (χ0) is 50.7. The summed E-state index contributed by atoms with van der Waals surface area (Å²) in [6.07, 6.45) is 0. The molecule has 0 radical (unpaired) electrons. The standard InChI is InChI=1S/C72H52BN3/c1-71(2,3)46-28-31-59-54(37-46)55-38-47(72(4,5)6)29-32-60(55)74(59)48-39-63-68-64(40-48)76-62-26-16-25-52-50-23-14-13-22-49(50)51-24-15-21-44-35-58(70(76)67(65(44)51)66(52)62)73(68)57-36-45(42-19-11-8-12-20-42)34-56-53-33-43(41-17-9-7-10-18-41)27-30-61(53)75(63)69(56)57/h7-40H,1-6H3. The van der Waals surface area contributed by atoms with Crippen LogP contribution in [0.2, 0.25) is 0 Å². The van der Waals surface area contributed by atoms with E-state index in [1.165, 1.54) is 160 Å². The Morgan fingerprint density at radius 1 is 0.329 bits per heavy atom. The monoisotopic (exact) mass is 969 g/mol. The average Bonchev–Trinajstić information content (AvgIpc) is 4.23. The molecule has 17 rings (SSSR count). The van der Waals surface area contributed by atoms with Crippen LogP contribution < -0.4 is 16.4 Å². The zero-order valence-corrected chi connectivity index (χ0v) is 43.5. The molecule has 3 aliphatic rings. The van der Waals surface area contributed by atoms with Crippen LogP contribution in [0.15, 0.2) is 206 Å². The van der Waals surface area contributed by atoms with E-state index in [2.05, 4.69) is 262 Å². The molecule has 1 aliphatic carbocycles. The Labute approximate surface area is 442 Å². The molecule has 0 amide bonds. The fourth-order valence-electron chi connectivity index (χ4n) is 14.3. The molecule has 11 aromatic carbocycles. The molecule has 3 aromatic heterocycles. The quantitative estimate of drug-likeness (QED) is 0.157. The van der Waals surface area contributed by atoms with Gasteiger partial charge in [0, 0.05) is 49.2 Å². The molecule has 0 fully saturated rings. The van der Waals surface area contributed by atoms with E-state index in [-0.39, 0.29) is 17.5 Å². The van der Waals surface area contributed by atoms with E-state index in [9.17, 15) is 0 Å². The van der Waals surface area contributed by atoms with E-state index in [4.69, 9.17) is 0 Å². The van der Waals surface area contributed by atoms with Gasteiger partial charge in [0.25, 0.3) is 6.71 Å². The second-order valence-corrected chi connectivity index (χ2v) is 24.1. The minimum absolute atomic E-state index is 0.00945. The number of aromatic nitrogens is 3. The summed E-state index contributed by atoms with van der Waals surface area (Å²) in [5, 5.41) is 10.5. The topological polar surface area (TPSA) is 14.8 Å². The Morgan fingerprint density at radius 2 is 0.842 bits per heavy atom. The van der Waals surface area contributed by atoms with Crippen molar-refractivity contribution in [3.63, 3.8) is 0 Å². The fraction of sp³-hybridized carbons (Fsp3) is 0.111. The number of benzene rings is 11. The van der Waals surface area contributed by atoms with Gasteiger partial charge in [-0.05, 0) is 154 Å². The minimum atomic E-state index is -0.0589. The maximum atomic E-state index is 2.69. The third-order valence-corrected chi connectivity index (χ3v) is 17.8. The van der Waals surface area contributed by atoms with Gasteiger partial charge >= 0.3 is 0 Å². The summed E-state index contributed by atoms with van der Waals surface area (Å²) in [7, 11) is 0. The summed E-state index contributed by atoms with van der Waals surface area (Å²) in [5.74, 6) is 0. The molecule has 4 heteroatoms. The van der Waals surface area contributed by atoms with Crippen LogP contribution in [0.3, 0.4) is 0 Å². The van der Waals surface area contributed by atoms with E-state index in [1.807, 2.05) is 0 Å². The van der Waals surface area contributed by atoms with Crippen molar-refractivity contribution in [2.24, 2.45) is 0 Å². The van der Waals surface area contributed by atoms with Gasteiger partial charge in [0.1, 0.15) is 0 Å². The Kier molecular flexibility index (Phi) is 8.11. The zero-order valence-electron chi connectivity index (χ0n) is 43.5. The van der Waals surface area contributed by atoms with Crippen molar-refractivity contribution in [3.05, 3.63) is 217 Å². The molecular formula is C72H52BN3. The van der Waals surface area contributed by atoms with Gasteiger partial charge in [-0.2, -0.15) is 0 Å². The molecular weight excluding hydrogens is 918 g/mol. The van der Waals surface area contributed by atoms with E-state index >= 15 is 0 Å². The smallest absolute Gasteiger partial charge is 0.252 e. The number of fused-ring (bicyclic) bond motifs is 14. The van der Waals surface area contributed by atoms with Crippen molar-refractivity contribution in [1.82, 2.24) is 13.7 Å². The maximum absolute atomic E-state index is 2.69. The highest BCUT2D eigenvalue weighted by Crippen LogP contribution is 2.51. The second-order valence-electron chi connectivity index (χ2n) is 24.1. The summed E-state index contributed by atoms with van der Waals surface area (Å²) < 4.78 is 7.93. The summed E-state index contributed by atoms with van der Waals surface area (Å²) in [6.45, 7) is 13.9. The van der Waals surface area contributed by atoms with Crippen LogP contribution in [0.5, 0.6) is 0 Å². The molecule has 0 N–H and O–H groups in total. The first-order chi connectivity index (χ1) is 37.0. The first-order valence-corrected chi connectivity index (χ1v) is 27.1. The van der Waals surface area contributed by atoms with Crippen molar-refractivity contribution in [2.75, 3.05) is 0 Å². The van der Waals surface area contributed by atoms with Gasteiger partial charge in [-0.3, -0.25) is 0 Å². The number of hydrogen-bond acceptors (Lipinski definition) is 0. The molecule has 0 saturated carbocycles. The van der Waals surface area contributed by atoms with Gasteiger partial charge in [0.05, 0.1) is 33.3 Å². The molecule has 3 nitrogen and oxygen atoms in total. The predicted octanol–water partition coefficient (Wildman–Crippen LogP) is 16.9. The summed E-state index contributed by atoms with van der Waals surface area (Å²) >= 11 is 0. The summed E-state index contributed by atoms with van der Waals surface area (Å²) in [4.78, 5) is 0. The number of rotatable bonds is 3. The minimum Gasteiger partial charge on any atom is -0.310 e. The van der Waals surface area contributed by atoms with Crippen LogP contribution in [0.4, 0.5) is 0 Å². The summed E-state index contributed by atoms with van der Waals surface area (Å²) in [6, 6.07) is 79.5. The highest BCUT2D eigenvalue weighted by Gasteiger charge is 2.43. The molecule has 76 heavy (non-hydrogen) atoms. The van der Waals surface area contributed by atoms with Crippen LogP contribution in [-0.2, 0) is 10.8 Å².